The Kier molecular flexibility index (Phi) is 17.3. The normalized spacial score (nSPS) is 25.3. The molecule has 396 valence electrons. The lowest BCUT2D eigenvalue weighted by atomic mass is 9.72. The van der Waals surface area contributed by atoms with Crippen molar-refractivity contribution in [2.75, 3.05) is 13.1 Å². The molecule has 2 aliphatic heterocycles. The van der Waals surface area contributed by atoms with Crippen LogP contribution in [0.1, 0.15) is 223 Å². The van der Waals surface area contributed by atoms with Crippen LogP contribution in [0.15, 0.2) is 97.1 Å². The summed E-state index contributed by atoms with van der Waals surface area (Å²) < 4.78 is 0. The van der Waals surface area contributed by atoms with Crippen LogP contribution in [0, 0.1) is 23.7 Å². The van der Waals surface area contributed by atoms with E-state index < -0.39 is 0 Å². The Hall–Kier alpha value is -4.26. The highest BCUT2D eigenvalue weighted by Crippen LogP contribution is 2.41. The molecule has 6 nitrogen and oxygen atoms in total. The summed E-state index contributed by atoms with van der Waals surface area (Å²) in [6.45, 7) is 28.9. The molecule has 4 N–H and O–H groups in total. The standard InChI is InChI=1S/C67H96N4O2/c1-64(2,3)52-29-21-48(22-30-52)62(49-23-31-53(32-24-49)65(4,5)6)58-40-56(42-68-58)70-60(72)38-46-17-13-44(14-18-46)37-45-15-19-47(20-16-45)39-61(73)71-57-41-59(69-43-57)63(50-25-33-54(34-26-50)66(7,8)9)51-27-35-55(36-28-51)67(10,11)12/h21-36,44-47,56-59,62-63,68-69H,13-20,37-43H2,1-12H3,(H,70,72)(H,71,73)/t44?,45?,46?,47?,56-,57-,58-,59-/m1/s1. The zero-order chi connectivity index (χ0) is 52.3. The molecule has 8 rings (SSSR count). The summed E-state index contributed by atoms with van der Waals surface area (Å²) in [5, 5.41) is 14.7. The Morgan fingerprint density at radius 1 is 0.411 bits per heavy atom. The van der Waals surface area contributed by atoms with Crippen LogP contribution in [0.5, 0.6) is 0 Å². The Morgan fingerprint density at radius 2 is 0.658 bits per heavy atom. The molecule has 0 radical (unpaired) electrons. The quantitative estimate of drug-likeness (QED) is 0.101. The van der Waals surface area contributed by atoms with Crippen LogP contribution in [-0.2, 0) is 31.2 Å². The zero-order valence-corrected chi connectivity index (χ0v) is 47.4. The van der Waals surface area contributed by atoms with Crippen LogP contribution in [0.4, 0.5) is 0 Å². The number of benzene rings is 4. The van der Waals surface area contributed by atoms with Gasteiger partial charge in [-0.3, -0.25) is 9.59 Å². The maximum Gasteiger partial charge on any atom is 0.220 e. The molecule has 2 amide bonds. The fourth-order valence-corrected chi connectivity index (χ4v) is 13.2. The number of carbonyl (C=O) groups excluding carboxylic acids is 2. The van der Waals surface area contributed by atoms with Crippen molar-refractivity contribution in [3.8, 4) is 0 Å². The first-order valence-electron chi connectivity index (χ1n) is 28.9. The fraction of sp³-hybridized carbons (Fsp3) is 0.612. The molecule has 2 saturated carbocycles. The Balaban J connectivity index is 0.754. The maximum atomic E-state index is 13.6. The summed E-state index contributed by atoms with van der Waals surface area (Å²) in [7, 11) is 0. The molecule has 0 bridgehead atoms. The van der Waals surface area contributed by atoms with E-state index in [1.54, 1.807) is 0 Å². The average Bonchev–Trinajstić information content (AvgIpc) is 3.99. The van der Waals surface area contributed by atoms with Crippen molar-refractivity contribution < 1.29 is 9.59 Å². The minimum Gasteiger partial charge on any atom is -0.352 e. The predicted octanol–water partition coefficient (Wildman–Crippen LogP) is 14.3. The first-order valence-corrected chi connectivity index (χ1v) is 28.9. The Labute approximate surface area is 443 Å². The third-order valence-electron chi connectivity index (χ3n) is 18.0. The van der Waals surface area contributed by atoms with Crippen molar-refractivity contribution in [3.63, 3.8) is 0 Å². The molecule has 2 aliphatic carbocycles. The summed E-state index contributed by atoms with van der Waals surface area (Å²) in [4.78, 5) is 27.2. The summed E-state index contributed by atoms with van der Waals surface area (Å²) in [5.74, 6) is 3.42. The molecule has 2 saturated heterocycles. The molecule has 4 aromatic rings. The number of hydrogen-bond donors (Lipinski definition) is 4. The summed E-state index contributed by atoms with van der Waals surface area (Å²) in [6.07, 6.45) is 14.2. The molecule has 4 fully saturated rings. The number of carbonyl (C=O) groups is 2. The van der Waals surface area contributed by atoms with Crippen LogP contribution >= 0.6 is 0 Å². The van der Waals surface area contributed by atoms with Gasteiger partial charge < -0.3 is 21.3 Å². The van der Waals surface area contributed by atoms with Gasteiger partial charge in [0.1, 0.15) is 0 Å². The number of amides is 2. The van der Waals surface area contributed by atoms with E-state index in [2.05, 4.69) is 201 Å². The molecular formula is C67H96N4O2. The summed E-state index contributed by atoms with van der Waals surface area (Å²) >= 11 is 0. The topological polar surface area (TPSA) is 82.3 Å². The lowest BCUT2D eigenvalue weighted by Crippen LogP contribution is -2.37. The Morgan fingerprint density at radius 3 is 0.904 bits per heavy atom. The highest BCUT2D eigenvalue weighted by atomic mass is 16.2. The van der Waals surface area contributed by atoms with Crippen molar-refractivity contribution in [1.29, 1.82) is 0 Å². The SMILES string of the molecule is CC(C)(C)c1ccc(C(c2ccc(C(C)(C)C)cc2)[C@H]2C[C@@H](NC(=O)CC3CCC(CC4CCC(CC(=O)N[C@H]5CN[C@@H](C(c6ccc(C(C)(C)C)cc6)c6ccc(C(C)(C)C)cc6)C5)CC4)CC3)CN2)cc1. The average molecular weight is 990 g/mol. The smallest absolute Gasteiger partial charge is 0.220 e. The van der Waals surface area contributed by atoms with Crippen molar-refractivity contribution in [3.05, 3.63) is 142 Å². The second-order valence-electron chi connectivity index (χ2n) is 27.9. The van der Waals surface area contributed by atoms with E-state index in [1.807, 2.05) is 0 Å². The number of hydrogen-bond acceptors (Lipinski definition) is 4. The molecule has 6 heteroatoms. The van der Waals surface area contributed by atoms with Gasteiger partial charge in [-0.25, -0.2) is 0 Å². The van der Waals surface area contributed by atoms with Gasteiger partial charge in [0.05, 0.1) is 0 Å². The van der Waals surface area contributed by atoms with Crippen LogP contribution < -0.4 is 21.3 Å². The van der Waals surface area contributed by atoms with Gasteiger partial charge in [0.2, 0.25) is 11.8 Å². The summed E-state index contributed by atoms with van der Waals surface area (Å²) in [6, 6.07) is 37.9. The predicted molar refractivity (Wildman–Crippen MR) is 306 cm³/mol. The molecular weight excluding hydrogens is 893 g/mol. The van der Waals surface area contributed by atoms with Gasteiger partial charge in [-0.1, -0.05) is 206 Å². The minimum absolute atomic E-state index is 0.109. The van der Waals surface area contributed by atoms with Gasteiger partial charge in [-0.2, -0.15) is 0 Å². The lowest BCUT2D eigenvalue weighted by Gasteiger charge is -2.34. The van der Waals surface area contributed by atoms with Crippen molar-refractivity contribution >= 4 is 11.8 Å². The van der Waals surface area contributed by atoms with E-state index in [-0.39, 0.29) is 69.5 Å². The second-order valence-corrected chi connectivity index (χ2v) is 27.9. The number of nitrogens with one attached hydrogen (secondary N) is 4. The Bertz CT molecular complexity index is 2110. The van der Waals surface area contributed by atoms with Crippen LogP contribution in [0.3, 0.4) is 0 Å². The molecule has 0 aromatic heterocycles. The number of rotatable bonds is 14. The molecule has 2 heterocycles. The molecule has 73 heavy (non-hydrogen) atoms. The van der Waals surface area contributed by atoms with E-state index in [4.69, 9.17) is 0 Å². The maximum absolute atomic E-state index is 13.6. The minimum atomic E-state index is 0.109. The van der Waals surface area contributed by atoms with Crippen LogP contribution in [0.2, 0.25) is 0 Å². The van der Waals surface area contributed by atoms with Crippen molar-refractivity contribution in [2.45, 2.75) is 224 Å². The van der Waals surface area contributed by atoms with Gasteiger partial charge in [-0.15, -0.1) is 0 Å². The fourth-order valence-electron chi connectivity index (χ4n) is 13.2. The van der Waals surface area contributed by atoms with E-state index in [0.29, 0.717) is 24.7 Å². The van der Waals surface area contributed by atoms with E-state index in [0.717, 1.165) is 37.8 Å². The third kappa shape index (κ3) is 14.6. The zero-order valence-electron chi connectivity index (χ0n) is 47.4. The van der Waals surface area contributed by atoms with Gasteiger partial charge in [-0.05, 0) is 135 Å². The van der Waals surface area contributed by atoms with E-state index in [9.17, 15) is 9.59 Å². The van der Waals surface area contributed by atoms with E-state index in [1.165, 1.54) is 102 Å². The van der Waals surface area contributed by atoms with Crippen LogP contribution in [-0.4, -0.2) is 49.1 Å². The molecule has 0 unspecified atom stereocenters. The van der Waals surface area contributed by atoms with Crippen molar-refractivity contribution in [2.24, 2.45) is 23.7 Å². The monoisotopic (exact) mass is 989 g/mol. The summed E-state index contributed by atoms with van der Waals surface area (Å²) in [5.41, 5.74) is 11.2. The highest BCUT2D eigenvalue weighted by molar-refractivity contribution is 5.77. The first kappa shape index (κ1) is 55.0. The molecule has 0 spiro atoms. The molecule has 4 aromatic carbocycles. The van der Waals surface area contributed by atoms with Gasteiger partial charge in [0, 0.05) is 61.9 Å². The van der Waals surface area contributed by atoms with E-state index >= 15 is 0 Å². The van der Waals surface area contributed by atoms with Gasteiger partial charge in [0.15, 0.2) is 0 Å². The van der Waals surface area contributed by atoms with Gasteiger partial charge >= 0.3 is 0 Å². The largest absolute Gasteiger partial charge is 0.352 e. The van der Waals surface area contributed by atoms with Crippen LogP contribution in [0.25, 0.3) is 0 Å². The third-order valence-corrected chi connectivity index (χ3v) is 18.0. The lowest BCUT2D eigenvalue weighted by molar-refractivity contribution is -0.123. The molecule has 4 atom stereocenters. The molecule has 4 aliphatic rings. The van der Waals surface area contributed by atoms with Crippen molar-refractivity contribution in [1.82, 2.24) is 21.3 Å². The highest BCUT2D eigenvalue weighted by Gasteiger charge is 2.37. The van der Waals surface area contributed by atoms with Gasteiger partial charge in [0.25, 0.3) is 0 Å². The first-order chi connectivity index (χ1) is 34.5. The second kappa shape index (κ2) is 22.9.